The summed E-state index contributed by atoms with van der Waals surface area (Å²) >= 11 is 0. The van der Waals surface area contributed by atoms with E-state index in [1.54, 1.807) is 6.08 Å². The normalized spacial score (nSPS) is 12.9. The second-order valence-corrected chi connectivity index (χ2v) is 18.9. The number of carbonyl (C=O) groups excluding carboxylic acids is 2. The molecule has 1 amide bonds. The molecule has 0 saturated carbocycles. The van der Waals surface area contributed by atoms with E-state index in [2.05, 4.69) is 43.5 Å². The van der Waals surface area contributed by atoms with Gasteiger partial charge in [-0.25, -0.2) is 0 Å². The monoisotopic (exact) mass is 886 g/mol. The number of amides is 1. The number of ether oxygens (including phenoxy) is 1. The molecular formula is C57H107NO5. The van der Waals surface area contributed by atoms with Crippen molar-refractivity contribution in [1.29, 1.82) is 0 Å². The molecule has 0 aliphatic carbocycles. The van der Waals surface area contributed by atoms with Gasteiger partial charge in [-0.1, -0.05) is 230 Å². The highest BCUT2D eigenvalue weighted by atomic mass is 16.5. The fraction of sp³-hybridized carbons (Fsp3) is 0.860. The van der Waals surface area contributed by atoms with E-state index in [0.717, 1.165) is 70.6 Å². The zero-order valence-corrected chi connectivity index (χ0v) is 42.1. The van der Waals surface area contributed by atoms with Crippen LogP contribution >= 0.6 is 0 Å². The molecule has 0 spiro atoms. The zero-order valence-electron chi connectivity index (χ0n) is 42.1. The molecular weight excluding hydrogens is 779 g/mol. The van der Waals surface area contributed by atoms with Crippen molar-refractivity contribution in [2.45, 2.75) is 302 Å². The highest BCUT2D eigenvalue weighted by molar-refractivity contribution is 5.76. The van der Waals surface area contributed by atoms with Gasteiger partial charge in [0.05, 0.1) is 25.4 Å². The van der Waals surface area contributed by atoms with Gasteiger partial charge in [0.15, 0.2) is 0 Å². The highest BCUT2D eigenvalue weighted by Crippen LogP contribution is 2.15. The fourth-order valence-electron chi connectivity index (χ4n) is 8.33. The molecule has 0 aromatic carbocycles. The molecule has 0 aromatic rings. The van der Waals surface area contributed by atoms with E-state index in [0.29, 0.717) is 19.4 Å². The Balaban J connectivity index is 3.47. The molecule has 6 nitrogen and oxygen atoms in total. The number of aliphatic hydroxyl groups excluding tert-OH is 2. The predicted octanol–water partition coefficient (Wildman–Crippen LogP) is 16.9. The van der Waals surface area contributed by atoms with Crippen molar-refractivity contribution in [2.75, 3.05) is 13.2 Å². The maximum atomic E-state index is 12.4. The summed E-state index contributed by atoms with van der Waals surface area (Å²) in [6, 6.07) is -0.638. The van der Waals surface area contributed by atoms with E-state index in [-0.39, 0.29) is 18.5 Å². The first-order valence-corrected chi connectivity index (χ1v) is 27.8. The van der Waals surface area contributed by atoms with Gasteiger partial charge in [-0.3, -0.25) is 9.59 Å². The number of allylic oxidation sites excluding steroid dienone is 5. The summed E-state index contributed by atoms with van der Waals surface area (Å²) in [5.41, 5.74) is 0. The summed E-state index contributed by atoms with van der Waals surface area (Å²) in [6.07, 6.45) is 64.4. The number of carbonyl (C=O) groups is 2. The fourth-order valence-corrected chi connectivity index (χ4v) is 8.33. The summed E-state index contributed by atoms with van der Waals surface area (Å²) in [6.45, 7) is 4.85. The Labute approximate surface area is 392 Å². The third kappa shape index (κ3) is 49.4. The van der Waals surface area contributed by atoms with Crippen LogP contribution in [0.4, 0.5) is 0 Å². The Morgan fingerprint density at radius 1 is 0.429 bits per heavy atom. The third-order valence-electron chi connectivity index (χ3n) is 12.6. The van der Waals surface area contributed by atoms with Gasteiger partial charge in [0.25, 0.3) is 0 Å². The lowest BCUT2D eigenvalue weighted by Gasteiger charge is -2.20. The standard InChI is InChI=1S/C57H107NO5/c1-3-5-7-9-11-13-15-17-18-19-20-21-24-27-31-35-39-43-47-51-57(62)63-52-48-44-40-36-32-28-25-22-23-26-30-34-38-42-46-50-56(61)58-54(53-59)55(60)49-45-41-37-33-29-16-14-12-10-8-6-4-2/h17-18,25,28,45,49,54-55,59-60H,3-16,19-24,26-27,29-44,46-48,50-53H2,1-2H3,(H,58,61)/b18-17-,28-25-,49-45+. The first kappa shape index (κ1) is 61.1. The summed E-state index contributed by atoms with van der Waals surface area (Å²) < 4.78 is 5.47. The van der Waals surface area contributed by atoms with Crippen molar-refractivity contribution >= 4 is 11.9 Å². The molecule has 6 heteroatoms. The lowest BCUT2D eigenvalue weighted by atomic mass is 10.1. The smallest absolute Gasteiger partial charge is 0.305 e. The van der Waals surface area contributed by atoms with Crippen molar-refractivity contribution in [3.8, 4) is 0 Å². The second kappa shape index (κ2) is 52.7. The van der Waals surface area contributed by atoms with E-state index in [4.69, 9.17) is 4.74 Å². The number of hydrogen-bond acceptors (Lipinski definition) is 5. The van der Waals surface area contributed by atoms with Crippen molar-refractivity contribution < 1.29 is 24.5 Å². The van der Waals surface area contributed by atoms with Crippen LogP contribution in [0.2, 0.25) is 0 Å². The van der Waals surface area contributed by atoms with Gasteiger partial charge in [0.1, 0.15) is 0 Å². The molecule has 0 aromatic heterocycles. The summed E-state index contributed by atoms with van der Waals surface area (Å²) in [4.78, 5) is 24.5. The first-order valence-electron chi connectivity index (χ1n) is 27.8. The maximum Gasteiger partial charge on any atom is 0.305 e. The number of esters is 1. The number of hydrogen-bond donors (Lipinski definition) is 3. The average molecular weight is 886 g/mol. The predicted molar refractivity (Wildman–Crippen MR) is 273 cm³/mol. The molecule has 0 aliphatic rings. The second-order valence-electron chi connectivity index (χ2n) is 18.9. The average Bonchev–Trinajstić information content (AvgIpc) is 3.28. The molecule has 0 rings (SSSR count). The lowest BCUT2D eigenvalue weighted by Crippen LogP contribution is -2.45. The topological polar surface area (TPSA) is 95.9 Å². The molecule has 63 heavy (non-hydrogen) atoms. The van der Waals surface area contributed by atoms with E-state index in [1.807, 2.05) is 6.08 Å². The number of nitrogens with one attached hydrogen (secondary N) is 1. The Morgan fingerprint density at radius 2 is 0.746 bits per heavy atom. The third-order valence-corrected chi connectivity index (χ3v) is 12.6. The number of rotatable bonds is 51. The van der Waals surface area contributed by atoms with Gasteiger partial charge in [0, 0.05) is 12.8 Å². The Hall–Kier alpha value is -1.92. The van der Waals surface area contributed by atoms with E-state index < -0.39 is 12.1 Å². The van der Waals surface area contributed by atoms with Crippen molar-refractivity contribution in [1.82, 2.24) is 5.32 Å². The van der Waals surface area contributed by atoms with E-state index in [9.17, 15) is 19.8 Å². The molecule has 0 radical (unpaired) electrons. The van der Waals surface area contributed by atoms with Crippen molar-refractivity contribution in [2.24, 2.45) is 0 Å². The van der Waals surface area contributed by atoms with Crippen LogP contribution in [0.25, 0.3) is 0 Å². The zero-order chi connectivity index (χ0) is 45.8. The van der Waals surface area contributed by atoms with Gasteiger partial charge >= 0.3 is 5.97 Å². The summed E-state index contributed by atoms with van der Waals surface area (Å²) in [5.74, 6) is -0.0965. The molecule has 3 N–H and O–H groups in total. The molecule has 0 heterocycles. The Bertz CT molecular complexity index is 1020. The van der Waals surface area contributed by atoms with Crippen LogP contribution in [-0.2, 0) is 14.3 Å². The molecule has 0 aliphatic heterocycles. The maximum absolute atomic E-state index is 12.4. The van der Waals surface area contributed by atoms with Gasteiger partial charge in [-0.2, -0.15) is 0 Å². The molecule has 370 valence electrons. The quantitative estimate of drug-likeness (QED) is 0.0321. The molecule has 0 bridgehead atoms. The van der Waals surface area contributed by atoms with Crippen molar-refractivity contribution in [3.63, 3.8) is 0 Å². The minimum absolute atomic E-state index is 0.0121. The van der Waals surface area contributed by atoms with Gasteiger partial charge in [0.2, 0.25) is 5.91 Å². The molecule has 2 atom stereocenters. The van der Waals surface area contributed by atoms with Gasteiger partial charge < -0.3 is 20.3 Å². The number of unbranched alkanes of at least 4 members (excludes halogenated alkanes) is 36. The van der Waals surface area contributed by atoms with Crippen LogP contribution in [0.3, 0.4) is 0 Å². The highest BCUT2D eigenvalue weighted by Gasteiger charge is 2.18. The first-order chi connectivity index (χ1) is 31.0. The Kier molecular flexibility index (Phi) is 51.1. The van der Waals surface area contributed by atoms with Crippen LogP contribution in [0.15, 0.2) is 36.5 Å². The van der Waals surface area contributed by atoms with Crippen molar-refractivity contribution in [3.05, 3.63) is 36.5 Å². The molecule has 2 unspecified atom stereocenters. The number of aliphatic hydroxyl groups is 2. The van der Waals surface area contributed by atoms with Gasteiger partial charge in [-0.05, 0) is 83.5 Å². The lowest BCUT2D eigenvalue weighted by molar-refractivity contribution is -0.143. The van der Waals surface area contributed by atoms with Crippen LogP contribution in [0.5, 0.6) is 0 Å². The van der Waals surface area contributed by atoms with Crippen LogP contribution in [-0.4, -0.2) is 47.4 Å². The van der Waals surface area contributed by atoms with E-state index in [1.165, 1.54) is 193 Å². The minimum Gasteiger partial charge on any atom is -0.466 e. The van der Waals surface area contributed by atoms with Crippen LogP contribution in [0, 0.1) is 0 Å². The van der Waals surface area contributed by atoms with E-state index >= 15 is 0 Å². The molecule has 0 saturated heterocycles. The SMILES string of the molecule is CCCCCCCC/C=C\CCCCCCCCCCCC(=O)OCCCCCC/C=C\CCCCCCCCCC(=O)NC(CO)C(O)/C=C/CCCCCCCCCCCC. The minimum atomic E-state index is -0.853. The Morgan fingerprint density at radius 3 is 1.13 bits per heavy atom. The largest absolute Gasteiger partial charge is 0.466 e. The van der Waals surface area contributed by atoms with Crippen LogP contribution in [0.1, 0.15) is 290 Å². The van der Waals surface area contributed by atoms with Crippen LogP contribution < -0.4 is 5.32 Å². The molecule has 0 fully saturated rings. The summed E-state index contributed by atoms with van der Waals surface area (Å²) in [5, 5.41) is 23.0. The summed E-state index contributed by atoms with van der Waals surface area (Å²) in [7, 11) is 0. The van der Waals surface area contributed by atoms with Gasteiger partial charge in [-0.15, -0.1) is 0 Å².